The minimum Gasteiger partial charge on any atom is -0.491 e. The van der Waals surface area contributed by atoms with Crippen molar-refractivity contribution in [2.45, 2.75) is 13.1 Å². The summed E-state index contributed by atoms with van der Waals surface area (Å²) >= 11 is 6.07. The summed E-state index contributed by atoms with van der Waals surface area (Å²) in [6.07, 6.45) is 1.58. The second-order valence-electron chi connectivity index (χ2n) is 5.03. The molecule has 0 amide bonds. The van der Waals surface area contributed by atoms with Gasteiger partial charge in [-0.1, -0.05) is 17.7 Å². The largest absolute Gasteiger partial charge is 0.491 e. The van der Waals surface area contributed by atoms with Crippen LogP contribution in [0.5, 0.6) is 5.75 Å². The molecule has 1 N–H and O–H groups in total. The zero-order valence-corrected chi connectivity index (χ0v) is 12.9. The SMILES string of the molecule is COCCOc1ccc2c(c1)CN(c1cn[nH]c(=O)c1Cl)C2. The Bertz CT molecular complexity index is 732. The Labute approximate surface area is 132 Å². The third-order valence-corrected chi connectivity index (χ3v) is 3.94. The molecule has 1 aromatic carbocycles. The molecule has 1 aliphatic rings. The first-order chi connectivity index (χ1) is 10.7. The Morgan fingerprint density at radius 3 is 2.95 bits per heavy atom. The number of halogens is 1. The summed E-state index contributed by atoms with van der Waals surface area (Å²) in [5.74, 6) is 0.813. The third kappa shape index (κ3) is 2.93. The minimum atomic E-state index is -0.376. The highest BCUT2D eigenvalue weighted by Gasteiger charge is 2.22. The number of aromatic nitrogens is 2. The zero-order chi connectivity index (χ0) is 15.5. The van der Waals surface area contributed by atoms with Crippen LogP contribution in [0.1, 0.15) is 11.1 Å². The van der Waals surface area contributed by atoms with E-state index in [-0.39, 0.29) is 10.6 Å². The maximum Gasteiger partial charge on any atom is 0.285 e. The van der Waals surface area contributed by atoms with Crippen LogP contribution < -0.4 is 15.2 Å². The predicted octanol–water partition coefficient (Wildman–Crippen LogP) is 1.97. The number of fused-ring (bicyclic) bond motifs is 1. The molecular weight excluding hydrogens is 306 g/mol. The van der Waals surface area contributed by atoms with Gasteiger partial charge in [0.1, 0.15) is 17.4 Å². The van der Waals surface area contributed by atoms with E-state index in [1.54, 1.807) is 13.3 Å². The van der Waals surface area contributed by atoms with E-state index in [4.69, 9.17) is 21.1 Å². The van der Waals surface area contributed by atoms with Crippen molar-refractivity contribution in [1.82, 2.24) is 10.2 Å². The highest BCUT2D eigenvalue weighted by atomic mass is 35.5. The molecule has 0 saturated heterocycles. The maximum atomic E-state index is 11.6. The Hall–Kier alpha value is -2.05. The van der Waals surface area contributed by atoms with Gasteiger partial charge in [0.25, 0.3) is 5.56 Å². The number of H-pyrrole nitrogens is 1. The van der Waals surface area contributed by atoms with Crippen LogP contribution >= 0.6 is 11.6 Å². The van der Waals surface area contributed by atoms with E-state index < -0.39 is 0 Å². The van der Waals surface area contributed by atoms with E-state index in [0.29, 0.717) is 32.0 Å². The van der Waals surface area contributed by atoms with Gasteiger partial charge in [0.05, 0.1) is 18.5 Å². The fourth-order valence-electron chi connectivity index (χ4n) is 2.47. The molecule has 0 aliphatic carbocycles. The summed E-state index contributed by atoms with van der Waals surface area (Å²) in [6.45, 7) is 2.43. The lowest BCUT2D eigenvalue weighted by molar-refractivity contribution is 0.146. The van der Waals surface area contributed by atoms with Gasteiger partial charge in [0.2, 0.25) is 0 Å². The molecule has 1 aliphatic heterocycles. The summed E-state index contributed by atoms with van der Waals surface area (Å²) in [5, 5.41) is 6.31. The van der Waals surface area contributed by atoms with Crippen LogP contribution in [0.2, 0.25) is 5.02 Å². The molecule has 0 atom stereocenters. The molecule has 2 aromatic rings. The van der Waals surface area contributed by atoms with E-state index in [2.05, 4.69) is 10.2 Å². The van der Waals surface area contributed by atoms with E-state index in [1.165, 1.54) is 5.56 Å². The van der Waals surface area contributed by atoms with Crippen molar-refractivity contribution in [2.24, 2.45) is 0 Å². The van der Waals surface area contributed by atoms with Crippen molar-refractivity contribution < 1.29 is 9.47 Å². The molecule has 0 spiro atoms. The van der Waals surface area contributed by atoms with Crippen molar-refractivity contribution in [3.05, 3.63) is 50.9 Å². The molecule has 6 nitrogen and oxygen atoms in total. The topological polar surface area (TPSA) is 67.5 Å². The smallest absolute Gasteiger partial charge is 0.285 e. The molecule has 116 valence electrons. The van der Waals surface area contributed by atoms with Crippen molar-refractivity contribution in [2.75, 3.05) is 25.2 Å². The van der Waals surface area contributed by atoms with Crippen molar-refractivity contribution >= 4 is 17.3 Å². The van der Waals surface area contributed by atoms with Gasteiger partial charge in [-0.2, -0.15) is 5.10 Å². The van der Waals surface area contributed by atoms with E-state index >= 15 is 0 Å². The van der Waals surface area contributed by atoms with Gasteiger partial charge < -0.3 is 14.4 Å². The van der Waals surface area contributed by atoms with Crippen LogP contribution in [0, 0.1) is 0 Å². The van der Waals surface area contributed by atoms with E-state index in [1.807, 2.05) is 23.1 Å². The number of hydrogen-bond acceptors (Lipinski definition) is 5. The van der Waals surface area contributed by atoms with Gasteiger partial charge in [-0.15, -0.1) is 0 Å². The van der Waals surface area contributed by atoms with Crippen LogP contribution in [-0.4, -0.2) is 30.5 Å². The molecule has 7 heteroatoms. The number of anilines is 1. The lowest BCUT2D eigenvalue weighted by Crippen LogP contribution is -2.19. The first-order valence-corrected chi connectivity index (χ1v) is 7.28. The highest BCUT2D eigenvalue weighted by molar-refractivity contribution is 6.33. The van der Waals surface area contributed by atoms with E-state index in [9.17, 15) is 4.79 Å². The molecule has 0 saturated carbocycles. The number of hydrogen-bond donors (Lipinski definition) is 1. The lowest BCUT2D eigenvalue weighted by atomic mass is 10.1. The van der Waals surface area contributed by atoms with Crippen LogP contribution in [0.15, 0.2) is 29.2 Å². The van der Waals surface area contributed by atoms with E-state index in [0.717, 1.165) is 11.3 Å². The number of rotatable bonds is 5. The van der Waals surface area contributed by atoms with Crippen molar-refractivity contribution in [3.63, 3.8) is 0 Å². The summed E-state index contributed by atoms with van der Waals surface area (Å²) in [5.41, 5.74) is 2.61. The van der Waals surface area contributed by atoms with Gasteiger partial charge in [-0.25, -0.2) is 5.10 Å². The average Bonchev–Trinajstić information content (AvgIpc) is 2.93. The van der Waals surface area contributed by atoms with Crippen molar-refractivity contribution in [1.29, 1.82) is 0 Å². The first kappa shape index (κ1) is 14.9. The number of ether oxygens (including phenoxy) is 2. The van der Waals surface area contributed by atoms with Gasteiger partial charge in [0, 0.05) is 20.2 Å². The number of methoxy groups -OCH3 is 1. The highest BCUT2D eigenvalue weighted by Crippen LogP contribution is 2.32. The molecule has 22 heavy (non-hydrogen) atoms. The van der Waals surface area contributed by atoms with Crippen molar-refractivity contribution in [3.8, 4) is 5.75 Å². The standard InChI is InChI=1S/C15H16ClN3O3/c1-21-4-5-22-12-3-2-10-8-19(9-11(10)6-12)13-7-17-18-15(20)14(13)16/h2-3,6-7H,4-5,8-9H2,1H3,(H,18,20). The van der Waals surface area contributed by atoms with Gasteiger partial charge in [-0.05, 0) is 23.3 Å². The molecule has 0 bridgehead atoms. The number of nitrogens with zero attached hydrogens (tertiary/aromatic N) is 2. The summed E-state index contributed by atoms with van der Waals surface area (Å²) in [4.78, 5) is 13.6. The zero-order valence-electron chi connectivity index (χ0n) is 12.1. The molecule has 3 rings (SSSR count). The third-order valence-electron chi connectivity index (χ3n) is 3.57. The molecule has 0 unspecified atom stereocenters. The lowest BCUT2D eigenvalue weighted by Gasteiger charge is -2.17. The summed E-state index contributed by atoms with van der Waals surface area (Å²) in [6, 6.07) is 5.99. The molecular formula is C15H16ClN3O3. The normalized spacial score (nSPS) is 13.3. The number of benzene rings is 1. The Morgan fingerprint density at radius 1 is 1.32 bits per heavy atom. The predicted molar refractivity (Wildman–Crippen MR) is 83.6 cm³/mol. The molecule has 0 radical (unpaired) electrons. The van der Waals surface area contributed by atoms with Crippen LogP contribution in [0.4, 0.5) is 5.69 Å². The van der Waals surface area contributed by atoms with Gasteiger partial charge in [-0.3, -0.25) is 4.79 Å². The Kier molecular flexibility index (Phi) is 4.31. The van der Waals surface area contributed by atoms with Gasteiger partial charge in [0.15, 0.2) is 0 Å². The fourth-order valence-corrected chi connectivity index (χ4v) is 2.68. The quantitative estimate of drug-likeness (QED) is 0.853. The Balaban J connectivity index is 1.77. The van der Waals surface area contributed by atoms with Crippen LogP contribution in [0.3, 0.4) is 0 Å². The fraction of sp³-hybridized carbons (Fsp3) is 0.333. The minimum absolute atomic E-state index is 0.166. The monoisotopic (exact) mass is 321 g/mol. The molecule has 1 aromatic heterocycles. The van der Waals surface area contributed by atoms with Gasteiger partial charge >= 0.3 is 0 Å². The van der Waals surface area contributed by atoms with Crippen LogP contribution in [-0.2, 0) is 17.8 Å². The van der Waals surface area contributed by atoms with Crippen LogP contribution in [0.25, 0.3) is 0 Å². The molecule has 0 fully saturated rings. The Morgan fingerprint density at radius 2 is 2.14 bits per heavy atom. The maximum absolute atomic E-state index is 11.6. The first-order valence-electron chi connectivity index (χ1n) is 6.90. The second kappa shape index (κ2) is 6.37. The molecule has 2 heterocycles. The summed E-state index contributed by atoms with van der Waals surface area (Å²) in [7, 11) is 1.64. The second-order valence-corrected chi connectivity index (χ2v) is 5.40. The number of aromatic amines is 1. The summed E-state index contributed by atoms with van der Waals surface area (Å²) < 4.78 is 10.6. The average molecular weight is 322 g/mol. The number of nitrogens with one attached hydrogen (secondary N) is 1.